The summed E-state index contributed by atoms with van der Waals surface area (Å²) in [5.74, 6) is -0.0250. The molecule has 5 nitrogen and oxygen atoms in total. The second-order valence-electron chi connectivity index (χ2n) is 5.23. The molecule has 0 saturated heterocycles. The zero-order chi connectivity index (χ0) is 16.5. The lowest BCUT2D eigenvalue weighted by atomic mass is 10.2. The van der Waals surface area contributed by atoms with Crippen LogP contribution in [0.1, 0.15) is 24.9 Å². The van der Waals surface area contributed by atoms with Gasteiger partial charge in [-0.3, -0.25) is 9.48 Å². The van der Waals surface area contributed by atoms with Gasteiger partial charge in [0, 0.05) is 25.5 Å². The van der Waals surface area contributed by atoms with Crippen molar-refractivity contribution in [1.82, 2.24) is 14.7 Å². The number of rotatable bonds is 8. The smallest absolute Gasteiger partial charge is 0.247 e. The molecule has 122 valence electrons. The lowest BCUT2D eigenvalue weighted by Gasteiger charge is -2.25. The average Bonchev–Trinajstić information content (AvgIpc) is 3.10. The Bertz CT molecular complexity index is 608. The van der Waals surface area contributed by atoms with Gasteiger partial charge in [-0.1, -0.05) is 49.4 Å². The fourth-order valence-corrected chi connectivity index (χ4v) is 2.44. The lowest BCUT2D eigenvalue weighted by Crippen LogP contribution is -2.39. The Hall–Kier alpha value is -2.40. The van der Waals surface area contributed by atoms with Crippen LogP contribution in [0.3, 0.4) is 0 Å². The highest BCUT2D eigenvalue weighted by Crippen LogP contribution is 2.14. The van der Waals surface area contributed by atoms with Gasteiger partial charge in [-0.2, -0.15) is 5.10 Å². The Morgan fingerprint density at radius 3 is 2.74 bits per heavy atom. The van der Waals surface area contributed by atoms with Crippen LogP contribution in [0.25, 0.3) is 6.08 Å². The number of benzene rings is 1. The van der Waals surface area contributed by atoms with E-state index in [2.05, 4.69) is 5.10 Å². The van der Waals surface area contributed by atoms with Crippen LogP contribution in [0.4, 0.5) is 0 Å². The minimum atomic E-state index is -0.332. The number of amides is 1. The SMILES string of the molecule is CCC(C(=O)N(C/C=C/c1ccccc1)CCO)n1cccn1. The van der Waals surface area contributed by atoms with Crippen molar-refractivity contribution in [3.05, 3.63) is 60.4 Å². The predicted molar refractivity (Wildman–Crippen MR) is 90.7 cm³/mol. The van der Waals surface area contributed by atoms with Crippen LogP contribution in [-0.2, 0) is 4.79 Å². The van der Waals surface area contributed by atoms with Gasteiger partial charge in [0.1, 0.15) is 6.04 Å². The molecule has 1 heterocycles. The van der Waals surface area contributed by atoms with Gasteiger partial charge < -0.3 is 10.0 Å². The molecule has 2 aromatic rings. The number of aliphatic hydroxyl groups is 1. The van der Waals surface area contributed by atoms with Crippen LogP contribution in [-0.4, -0.2) is 45.4 Å². The molecule has 1 aromatic carbocycles. The maximum absolute atomic E-state index is 12.7. The van der Waals surface area contributed by atoms with E-state index in [-0.39, 0.29) is 18.6 Å². The van der Waals surface area contributed by atoms with E-state index in [1.54, 1.807) is 22.0 Å². The molecule has 23 heavy (non-hydrogen) atoms. The van der Waals surface area contributed by atoms with E-state index in [1.165, 1.54) is 0 Å². The Morgan fingerprint density at radius 2 is 2.13 bits per heavy atom. The molecule has 0 saturated carbocycles. The van der Waals surface area contributed by atoms with Crippen molar-refractivity contribution in [2.24, 2.45) is 0 Å². The first-order valence-corrected chi connectivity index (χ1v) is 7.86. The number of aromatic nitrogens is 2. The van der Waals surface area contributed by atoms with E-state index in [4.69, 9.17) is 0 Å². The molecule has 0 aliphatic heterocycles. The highest BCUT2D eigenvalue weighted by atomic mass is 16.3. The minimum Gasteiger partial charge on any atom is -0.395 e. The maximum Gasteiger partial charge on any atom is 0.247 e. The average molecular weight is 313 g/mol. The third-order valence-corrected chi connectivity index (χ3v) is 3.63. The van der Waals surface area contributed by atoms with Gasteiger partial charge in [0.05, 0.1) is 6.61 Å². The third-order valence-electron chi connectivity index (χ3n) is 3.63. The molecular weight excluding hydrogens is 290 g/mol. The minimum absolute atomic E-state index is 0.0250. The van der Waals surface area contributed by atoms with E-state index in [0.29, 0.717) is 19.5 Å². The molecule has 0 aliphatic rings. The molecule has 1 unspecified atom stereocenters. The Labute approximate surface area is 136 Å². The van der Waals surface area contributed by atoms with Crippen LogP contribution in [0, 0.1) is 0 Å². The molecule has 5 heteroatoms. The van der Waals surface area contributed by atoms with Crippen LogP contribution in [0.2, 0.25) is 0 Å². The maximum atomic E-state index is 12.7. The summed E-state index contributed by atoms with van der Waals surface area (Å²) in [6.07, 6.45) is 8.04. The summed E-state index contributed by atoms with van der Waals surface area (Å²) >= 11 is 0. The Kier molecular flexibility index (Phi) is 6.56. The van der Waals surface area contributed by atoms with Crippen LogP contribution >= 0.6 is 0 Å². The van der Waals surface area contributed by atoms with E-state index in [0.717, 1.165) is 5.56 Å². The normalized spacial score (nSPS) is 12.4. The van der Waals surface area contributed by atoms with Crippen molar-refractivity contribution in [3.63, 3.8) is 0 Å². The zero-order valence-electron chi connectivity index (χ0n) is 13.4. The molecular formula is C18H23N3O2. The van der Waals surface area contributed by atoms with Crippen molar-refractivity contribution >= 4 is 12.0 Å². The Balaban J connectivity index is 2.04. The summed E-state index contributed by atoms with van der Waals surface area (Å²) in [5.41, 5.74) is 1.09. The van der Waals surface area contributed by atoms with Crippen molar-refractivity contribution in [1.29, 1.82) is 0 Å². The highest BCUT2D eigenvalue weighted by Gasteiger charge is 2.23. The fourth-order valence-electron chi connectivity index (χ4n) is 2.44. The topological polar surface area (TPSA) is 58.4 Å². The van der Waals surface area contributed by atoms with Crippen LogP contribution in [0.5, 0.6) is 0 Å². The van der Waals surface area contributed by atoms with Crippen molar-refractivity contribution in [2.75, 3.05) is 19.7 Å². The second-order valence-corrected chi connectivity index (χ2v) is 5.23. The van der Waals surface area contributed by atoms with Gasteiger partial charge in [-0.25, -0.2) is 0 Å². The molecule has 1 aromatic heterocycles. The van der Waals surface area contributed by atoms with E-state index in [1.807, 2.05) is 55.5 Å². The standard InChI is InChI=1S/C18H23N3O2/c1-2-17(21-13-7-11-19-21)18(23)20(14-15-22)12-6-10-16-8-4-3-5-9-16/h3-11,13,17,22H,2,12,14-15H2,1H3/b10-6+. The van der Waals surface area contributed by atoms with Gasteiger partial charge in [0.25, 0.3) is 0 Å². The number of hydrogen-bond donors (Lipinski definition) is 1. The highest BCUT2D eigenvalue weighted by molar-refractivity contribution is 5.80. The number of hydrogen-bond acceptors (Lipinski definition) is 3. The van der Waals surface area contributed by atoms with E-state index in [9.17, 15) is 9.90 Å². The van der Waals surface area contributed by atoms with Gasteiger partial charge in [-0.05, 0) is 18.1 Å². The number of carbonyl (C=O) groups is 1. The van der Waals surface area contributed by atoms with Crippen molar-refractivity contribution < 1.29 is 9.90 Å². The van der Waals surface area contributed by atoms with Crippen molar-refractivity contribution in [2.45, 2.75) is 19.4 Å². The number of carbonyl (C=O) groups excluding carboxylic acids is 1. The largest absolute Gasteiger partial charge is 0.395 e. The monoisotopic (exact) mass is 313 g/mol. The van der Waals surface area contributed by atoms with Gasteiger partial charge in [0.15, 0.2) is 0 Å². The lowest BCUT2D eigenvalue weighted by molar-refractivity contribution is -0.135. The number of aliphatic hydroxyl groups excluding tert-OH is 1. The second kappa shape index (κ2) is 8.90. The summed E-state index contributed by atoms with van der Waals surface area (Å²) in [6.45, 7) is 2.68. The summed E-state index contributed by atoms with van der Waals surface area (Å²) in [5, 5.41) is 13.4. The van der Waals surface area contributed by atoms with Crippen LogP contribution < -0.4 is 0 Å². The molecule has 0 fully saturated rings. The first-order valence-electron chi connectivity index (χ1n) is 7.86. The van der Waals surface area contributed by atoms with Crippen molar-refractivity contribution in [3.8, 4) is 0 Å². The summed E-state index contributed by atoms with van der Waals surface area (Å²) < 4.78 is 1.67. The molecule has 0 aliphatic carbocycles. The van der Waals surface area contributed by atoms with Gasteiger partial charge >= 0.3 is 0 Å². The quantitative estimate of drug-likeness (QED) is 0.814. The van der Waals surface area contributed by atoms with Crippen LogP contribution in [0.15, 0.2) is 54.9 Å². The van der Waals surface area contributed by atoms with Gasteiger partial charge in [0.2, 0.25) is 5.91 Å². The number of nitrogens with zero attached hydrogens (tertiary/aromatic N) is 3. The molecule has 2 rings (SSSR count). The van der Waals surface area contributed by atoms with Gasteiger partial charge in [-0.15, -0.1) is 0 Å². The molecule has 1 N–H and O–H groups in total. The van der Waals surface area contributed by atoms with E-state index >= 15 is 0 Å². The first kappa shape index (κ1) is 17.0. The first-order chi connectivity index (χ1) is 11.3. The molecule has 1 amide bonds. The fraction of sp³-hybridized carbons (Fsp3) is 0.333. The zero-order valence-corrected chi connectivity index (χ0v) is 13.4. The Morgan fingerprint density at radius 1 is 1.35 bits per heavy atom. The molecule has 0 spiro atoms. The molecule has 0 bridgehead atoms. The summed E-state index contributed by atoms with van der Waals surface area (Å²) in [7, 11) is 0. The summed E-state index contributed by atoms with van der Waals surface area (Å²) in [6, 6.07) is 11.4. The summed E-state index contributed by atoms with van der Waals surface area (Å²) in [4.78, 5) is 14.4. The van der Waals surface area contributed by atoms with E-state index < -0.39 is 0 Å². The molecule has 1 atom stereocenters. The predicted octanol–water partition coefficient (Wildman–Crippen LogP) is 2.37. The molecule has 0 radical (unpaired) electrons. The third kappa shape index (κ3) is 4.79.